The summed E-state index contributed by atoms with van der Waals surface area (Å²) in [5, 5.41) is 3.08. The molecular formula is C15H22N2O3S. The predicted octanol–water partition coefficient (Wildman–Crippen LogP) is 0.708. The van der Waals surface area contributed by atoms with E-state index in [2.05, 4.69) is 5.32 Å². The first kappa shape index (κ1) is 16.0. The molecule has 1 atom stereocenters. The van der Waals surface area contributed by atoms with Crippen LogP contribution in [0.3, 0.4) is 0 Å². The highest BCUT2D eigenvalue weighted by Gasteiger charge is 2.32. The van der Waals surface area contributed by atoms with Gasteiger partial charge in [-0.15, -0.1) is 0 Å². The molecule has 1 aliphatic heterocycles. The molecule has 0 aliphatic carbocycles. The van der Waals surface area contributed by atoms with E-state index in [0.29, 0.717) is 5.56 Å². The maximum atomic E-state index is 12.7. The zero-order valence-corrected chi connectivity index (χ0v) is 13.3. The Morgan fingerprint density at radius 1 is 1.38 bits per heavy atom. The minimum atomic E-state index is -3.01. The Kier molecular flexibility index (Phi) is 5.00. The maximum absolute atomic E-state index is 12.7. The molecule has 21 heavy (non-hydrogen) atoms. The summed E-state index contributed by atoms with van der Waals surface area (Å²) in [5.74, 6) is 0.0447. The van der Waals surface area contributed by atoms with Crippen LogP contribution in [-0.4, -0.2) is 56.9 Å². The molecule has 0 spiro atoms. The van der Waals surface area contributed by atoms with Crippen LogP contribution in [0.1, 0.15) is 22.8 Å². The van der Waals surface area contributed by atoms with Gasteiger partial charge < -0.3 is 10.2 Å². The molecule has 1 saturated heterocycles. The summed E-state index contributed by atoms with van der Waals surface area (Å²) in [6.45, 7) is 2.88. The van der Waals surface area contributed by atoms with Crippen LogP contribution < -0.4 is 5.32 Å². The van der Waals surface area contributed by atoms with E-state index in [-0.39, 0.29) is 30.0 Å². The van der Waals surface area contributed by atoms with E-state index in [0.717, 1.165) is 18.5 Å². The van der Waals surface area contributed by atoms with E-state index in [4.69, 9.17) is 0 Å². The van der Waals surface area contributed by atoms with E-state index in [1.165, 1.54) is 0 Å². The van der Waals surface area contributed by atoms with Gasteiger partial charge in [0.2, 0.25) is 0 Å². The number of nitrogens with zero attached hydrogens (tertiary/aromatic N) is 1. The number of hydrogen-bond acceptors (Lipinski definition) is 4. The third-order valence-electron chi connectivity index (χ3n) is 3.82. The van der Waals surface area contributed by atoms with Gasteiger partial charge in [0.15, 0.2) is 9.84 Å². The Morgan fingerprint density at radius 3 is 2.76 bits per heavy atom. The molecule has 0 radical (unpaired) electrons. The van der Waals surface area contributed by atoms with Crippen LogP contribution in [0.4, 0.5) is 0 Å². The van der Waals surface area contributed by atoms with Crippen molar-refractivity contribution in [2.24, 2.45) is 0 Å². The zero-order chi connectivity index (χ0) is 15.5. The van der Waals surface area contributed by atoms with E-state index >= 15 is 0 Å². The third-order valence-corrected chi connectivity index (χ3v) is 5.62. The standard InChI is InChI=1S/C15H22N2O3S/c1-12-11-21(19,20)10-9-17(12)15(18)14-6-4-3-5-13(14)7-8-16-2/h3-6,12,16H,7-11H2,1-2H3. The second-order valence-electron chi connectivity index (χ2n) is 5.47. The molecular weight excluding hydrogens is 288 g/mol. The van der Waals surface area contributed by atoms with Crippen LogP contribution in [0, 0.1) is 0 Å². The third kappa shape index (κ3) is 3.83. The van der Waals surface area contributed by atoms with Crippen molar-refractivity contribution in [2.45, 2.75) is 19.4 Å². The Bertz CT molecular complexity index is 613. The van der Waals surface area contributed by atoms with Crippen LogP contribution in [-0.2, 0) is 16.3 Å². The summed E-state index contributed by atoms with van der Waals surface area (Å²) in [4.78, 5) is 14.4. The Labute approximate surface area is 126 Å². The zero-order valence-electron chi connectivity index (χ0n) is 12.5. The molecule has 116 valence electrons. The van der Waals surface area contributed by atoms with Crippen molar-refractivity contribution in [3.05, 3.63) is 35.4 Å². The van der Waals surface area contributed by atoms with Crippen molar-refractivity contribution in [3.63, 3.8) is 0 Å². The normalized spacial score (nSPS) is 21.2. The largest absolute Gasteiger partial charge is 0.334 e. The van der Waals surface area contributed by atoms with E-state index in [1.807, 2.05) is 31.3 Å². The highest BCUT2D eigenvalue weighted by molar-refractivity contribution is 7.91. The lowest BCUT2D eigenvalue weighted by Crippen LogP contribution is -2.49. The fourth-order valence-corrected chi connectivity index (χ4v) is 4.22. The predicted molar refractivity (Wildman–Crippen MR) is 83.2 cm³/mol. The Morgan fingerprint density at radius 2 is 2.10 bits per heavy atom. The van der Waals surface area contributed by atoms with Crippen LogP contribution in [0.5, 0.6) is 0 Å². The van der Waals surface area contributed by atoms with Crippen molar-refractivity contribution in [1.82, 2.24) is 10.2 Å². The molecule has 0 saturated carbocycles. The van der Waals surface area contributed by atoms with Gasteiger partial charge >= 0.3 is 0 Å². The highest BCUT2D eigenvalue weighted by Crippen LogP contribution is 2.18. The SMILES string of the molecule is CNCCc1ccccc1C(=O)N1CCS(=O)(=O)CC1C. The average molecular weight is 310 g/mol. The first-order valence-electron chi connectivity index (χ1n) is 7.18. The van der Waals surface area contributed by atoms with Gasteiger partial charge in [-0.05, 0) is 38.6 Å². The quantitative estimate of drug-likeness (QED) is 0.889. The molecule has 1 fully saturated rings. The molecule has 1 aromatic rings. The molecule has 1 N–H and O–H groups in total. The first-order chi connectivity index (χ1) is 9.94. The smallest absolute Gasteiger partial charge is 0.254 e. The number of sulfone groups is 1. The number of likely N-dealkylation sites (N-methyl/N-ethyl adjacent to an activating group) is 1. The molecule has 0 aromatic heterocycles. The number of carbonyl (C=O) groups excluding carboxylic acids is 1. The molecule has 1 amide bonds. The topological polar surface area (TPSA) is 66.5 Å². The van der Waals surface area contributed by atoms with Crippen molar-refractivity contribution in [1.29, 1.82) is 0 Å². The molecule has 1 aliphatic rings. The van der Waals surface area contributed by atoms with Gasteiger partial charge in [-0.2, -0.15) is 0 Å². The van der Waals surface area contributed by atoms with Crippen molar-refractivity contribution in [2.75, 3.05) is 31.6 Å². The summed E-state index contributed by atoms with van der Waals surface area (Å²) in [6, 6.07) is 7.28. The van der Waals surface area contributed by atoms with Crippen LogP contribution in [0.15, 0.2) is 24.3 Å². The number of nitrogens with one attached hydrogen (secondary N) is 1. The van der Waals surface area contributed by atoms with Crippen molar-refractivity contribution in [3.8, 4) is 0 Å². The monoisotopic (exact) mass is 310 g/mol. The molecule has 6 heteroatoms. The summed E-state index contributed by atoms with van der Waals surface area (Å²) in [7, 11) is -1.13. The van der Waals surface area contributed by atoms with Gasteiger partial charge in [0.25, 0.3) is 5.91 Å². The lowest BCUT2D eigenvalue weighted by atomic mass is 10.0. The molecule has 5 nitrogen and oxygen atoms in total. The number of hydrogen-bond donors (Lipinski definition) is 1. The fraction of sp³-hybridized carbons (Fsp3) is 0.533. The number of rotatable bonds is 4. The van der Waals surface area contributed by atoms with Crippen LogP contribution in [0.2, 0.25) is 0 Å². The molecule has 2 rings (SSSR count). The molecule has 1 unspecified atom stereocenters. The van der Waals surface area contributed by atoms with Gasteiger partial charge in [0.1, 0.15) is 0 Å². The Balaban J connectivity index is 2.20. The summed E-state index contributed by atoms with van der Waals surface area (Å²) < 4.78 is 23.3. The average Bonchev–Trinajstić information content (AvgIpc) is 2.44. The van der Waals surface area contributed by atoms with Crippen molar-refractivity contribution < 1.29 is 13.2 Å². The first-order valence-corrected chi connectivity index (χ1v) is 9.00. The Hall–Kier alpha value is -1.40. The van der Waals surface area contributed by atoms with Gasteiger partial charge in [0.05, 0.1) is 11.5 Å². The highest BCUT2D eigenvalue weighted by atomic mass is 32.2. The van der Waals surface area contributed by atoms with E-state index < -0.39 is 9.84 Å². The number of carbonyl (C=O) groups is 1. The number of amides is 1. The van der Waals surface area contributed by atoms with Crippen LogP contribution in [0.25, 0.3) is 0 Å². The molecule has 0 bridgehead atoms. The molecule has 1 aromatic carbocycles. The summed E-state index contributed by atoms with van der Waals surface area (Å²) >= 11 is 0. The van der Waals surface area contributed by atoms with Gasteiger partial charge in [0, 0.05) is 18.2 Å². The van der Waals surface area contributed by atoms with Gasteiger partial charge in [-0.1, -0.05) is 18.2 Å². The maximum Gasteiger partial charge on any atom is 0.254 e. The minimum absolute atomic E-state index is 0.0530. The second-order valence-corrected chi connectivity index (χ2v) is 7.70. The summed E-state index contributed by atoms with van der Waals surface area (Å²) in [5.41, 5.74) is 1.68. The van der Waals surface area contributed by atoms with Gasteiger partial charge in [-0.3, -0.25) is 4.79 Å². The van der Waals surface area contributed by atoms with E-state index in [9.17, 15) is 13.2 Å². The molecule has 1 heterocycles. The van der Waals surface area contributed by atoms with E-state index in [1.54, 1.807) is 11.8 Å². The van der Waals surface area contributed by atoms with Gasteiger partial charge in [-0.25, -0.2) is 8.42 Å². The summed E-state index contributed by atoms with van der Waals surface area (Å²) in [6.07, 6.45) is 0.777. The van der Waals surface area contributed by atoms with Crippen molar-refractivity contribution >= 4 is 15.7 Å². The number of benzene rings is 1. The second kappa shape index (κ2) is 6.58. The lowest BCUT2D eigenvalue weighted by molar-refractivity contribution is 0.0711. The fourth-order valence-electron chi connectivity index (χ4n) is 2.66. The lowest BCUT2D eigenvalue weighted by Gasteiger charge is -2.33. The minimum Gasteiger partial charge on any atom is -0.334 e. The van der Waals surface area contributed by atoms with Crippen LogP contribution >= 0.6 is 0 Å².